The van der Waals surface area contributed by atoms with Gasteiger partial charge >= 0.3 is 0 Å². The highest BCUT2D eigenvalue weighted by molar-refractivity contribution is 5.79. The zero-order chi connectivity index (χ0) is 11.4. The predicted molar refractivity (Wildman–Crippen MR) is 62.0 cm³/mol. The van der Waals surface area contributed by atoms with Crippen LogP contribution >= 0.6 is 0 Å². The van der Waals surface area contributed by atoms with E-state index in [9.17, 15) is 4.79 Å². The minimum Gasteiger partial charge on any atom is -0.396 e. The van der Waals surface area contributed by atoms with Crippen LogP contribution < -0.4 is 5.32 Å². The molecule has 0 bridgehead atoms. The van der Waals surface area contributed by atoms with Gasteiger partial charge in [0.1, 0.15) is 0 Å². The molecular formula is C12H22N2O2. The average molecular weight is 226 g/mol. The summed E-state index contributed by atoms with van der Waals surface area (Å²) in [5.74, 6) is 0.927. The van der Waals surface area contributed by atoms with E-state index in [-0.39, 0.29) is 12.5 Å². The van der Waals surface area contributed by atoms with Crippen LogP contribution in [0, 0.1) is 11.8 Å². The molecule has 0 aromatic rings. The molecule has 0 unspecified atom stereocenters. The molecule has 0 aromatic heterocycles. The summed E-state index contributed by atoms with van der Waals surface area (Å²) in [6.07, 6.45) is 4.07. The Balaban J connectivity index is 1.81. The van der Waals surface area contributed by atoms with Gasteiger partial charge in [0.05, 0.1) is 5.92 Å². The Morgan fingerprint density at radius 2 is 2.06 bits per heavy atom. The molecule has 0 aromatic carbocycles. The first-order valence-corrected chi connectivity index (χ1v) is 6.41. The lowest BCUT2D eigenvalue weighted by atomic mass is 9.94. The molecular weight excluding hydrogens is 204 g/mol. The van der Waals surface area contributed by atoms with Crippen LogP contribution in [-0.4, -0.2) is 48.7 Å². The first-order valence-electron chi connectivity index (χ1n) is 6.41. The molecule has 2 aliphatic heterocycles. The summed E-state index contributed by atoms with van der Waals surface area (Å²) in [6.45, 7) is 3.84. The summed E-state index contributed by atoms with van der Waals surface area (Å²) in [7, 11) is 0. The van der Waals surface area contributed by atoms with Gasteiger partial charge in [-0.3, -0.25) is 4.79 Å². The molecule has 2 heterocycles. The van der Waals surface area contributed by atoms with E-state index < -0.39 is 0 Å². The lowest BCUT2D eigenvalue weighted by molar-refractivity contribution is -0.137. The molecule has 4 nitrogen and oxygen atoms in total. The Morgan fingerprint density at radius 1 is 1.31 bits per heavy atom. The van der Waals surface area contributed by atoms with E-state index in [1.165, 1.54) is 0 Å². The number of carbonyl (C=O) groups excluding carboxylic acids is 1. The Bertz CT molecular complexity index is 231. The number of rotatable bonds is 2. The van der Waals surface area contributed by atoms with Crippen LogP contribution in [0.5, 0.6) is 0 Å². The number of nitrogens with zero attached hydrogens (tertiary/aromatic N) is 1. The fraction of sp³-hybridized carbons (Fsp3) is 0.917. The minimum absolute atomic E-state index is 0.194. The number of hydrogen-bond acceptors (Lipinski definition) is 3. The van der Waals surface area contributed by atoms with E-state index in [2.05, 4.69) is 5.32 Å². The van der Waals surface area contributed by atoms with Crippen LogP contribution in [0.1, 0.15) is 25.7 Å². The first kappa shape index (κ1) is 11.9. The van der Waals surface area contributed by atoms with Crippen molar-refractivity contribution < 1.29 is 9.90 Å². The lowest BCUT2D eigenvalue weighted by Crippen LogP contribution is -2.46. The number of nitrogens with one attached hydrogen (secondary N) is 1. The highest BCUT2D eigenvalue weighted by Gasteiger charge is 2.28. The van der Waals surface area contributed by atoms with Crippen molar-refractivity contribution in [3.8, 4) is 0 Å². The summed E-state index contributed by atoms with van der Waals surface area (Å²) < 4.78 is 0. The van der Waals surface area contributed by atoms with Crippen LogP contribution in [-0.2, 0) is 4.79 Å². The third-order valence-electron chi connectivity index (χ3n) is 3.83. The number of aliphatic hydroxyl groups excluding tert-OH is 1. The van der Waals surface area contributed by atoms with E-state index in [4.69, 9.17) is 5.11 Å². The van der Waals surface area contributed by atoms with E-state index in [1.807, 2.05) is 4.90 Å². The summed E-state index contributed by atoms with van der Waals surface area (Å²) in [6, 6.07) is 0. The predicted octanol–water partition coefficient (Wildman–Crippen LogP) is 0.217. The Kier molecular flexibility index (Phi) is 4.18. The van der Waals surface area contributed by atoms with Gasteiger partial charge < -0.3 is 15.3 Å². The Morgan fingerprint density at radius 3 is 2.62 bits per heavy atom. The van der Waals surface area contributed by atoms with Gasteiger partial charge in [-0.2, -0.15) is 0 Å². The monoisotopic (exact) mass is 226 g/mol. The zero-order valence-electron chi connectivity index (χ0n) is 9.82. The van der Waals surface area contributed by atoms with Crippen LogP contribution in [0.25, 0.3) is 0 Å². The Hall–Kier alpha value is -0.610. The number of likely N-dealkylation sites (tertiary alicyclic amines) is 1. The smallest absolute Gasteiger partial charge is 0.226 e. The van der Waals surface area contributed by atoms with Gasteiger partial charge in [0.25, 0.3) is 0 Å². The summed E-state index contributed by atoms with van der Waals surface area (Å²) >= 11 is 0. The zero-order valence-corrected chi connectivity index (χ0v) is 9.82. The maximum absolute atomic E-state index is 12.2. The van der Waals surface area contributed by atoms with Crippen LogP contribution in [0.3, 0.4) is 0 Å². The SMILES string of the molecule is O=C([C@@H]1CCCNC1)N1CCC(CO)CC1. The molecule has 0 spiro atoms. The van der Waals surface area contributed by atoms with Crippen LogP contribution in [0.15, 0.2) is 0 Å². The van der Waals surface area contributed by atoms with Crippen molar-refractivity contribution in [2.75, 3.05) is 32.8 Å². The summed E-state index contributed by atoms with van der Waals surface area (Å²) in [4.78, 5) is 14.2. The van der Waals surface area contributed by atoms with E-state index in [0.717, 1.165) is 51.9 Å². The minimum atomic E-state index is 0.194. The Labute approximate surface area is 97.0 Å². The van der Waals surface area contributed by atoms with Crippen molar-refractivity contribution in [3.63, 3.8) is 0 Å². The molecule has 4 heteroatoms. The van der Waals surface area contributed by atoms with E-state index in [0.29, 0.717) is 11.8 Å². The third-order valence-corrected chi connectivity index (χ3v) is 3.83. The van der Waals surface area contributed by atoms with Crippen molar-refractivity contribution in [1.82, 2.24) is 10.2 Å². The fourth-order valence-corrected chi connectivity index (χ4v) is 2.66. The molecule has 92 valence electrons. The molecule has 2 aliphatic rings. The number of hydrogen-bond donors (Lipinski definition) is 2. The number of carbonyl (C=O) groups is 1. The highest BCUT2D eigenvalue weighted by Crippen LogP contribution is 2.20. The molecule has 2 saturated heterocycles. The number of piperidine rings is 2. The van der Waals surface area contributed by atoms with Crippen molar-refractivity contribution in [2.45, 2.75) is 25.7 Å². The van der Waals surface area contributed by atoms with Crippen molar-refractivity contribution in [1.29, 1.82) is 0 Å². The van der Waals surface area contributed by atoms with Crippen molar-refractivity contribution >= 4 is 5.91 Å². The molecule has 0 aliphatic carbocycles. The van der Waals surface area contributed by atoms with Gasteiger partial charge in [-0.05, 0) is 38.1 Å². The van der Waals surface area contributed by atoms with Gasteiger partial charge in [0.15, 0.2) is 0 Å². The second-order valence-corrected chi connectivity index (χ2v) is 4.99. The molecule has 0 radical (unpaired) electrons. The lowest BCUT2D eigenvalue weighted by Gasteiger charge is -2.34. The largest absolute Gasteiger partial charge is 0.396 e. The van der Waals surface area contributed by atoms with Gasteiger partial charge in [0, 0.05) is 26.2 Å². The van der Waals surface area contributed by atoms with Crippen molar-refractivity contribution in [2.24, 2.45) is 11.8 Å². The third kappa shape index (κ3) is 2.74. The van der Waals surface area contributed by atoms with Gasteiger partial charge in [-0.25, -0.2) is 0 Å². The molecule has 2 N–H and O–H groups in total. The standard InChI is InChI=1S/C12H22N2O2/c15-9-10-3-6-14(7-4-10)12(16)11-2-1-5-13-8-11/h10-11,13,15H,1-9H2/t11-/m1/s1. The summed E-state index contributed by atoms with van der Waals surface area (Å²) in [5.41, 5.74) is 0. The van der Waals surface area contributed by atoms with E-state index in [1.54, 1.807) is 0 Å². The van der Waals surface area contributed by atoms with Gasteiger partial charge in [-0.15, -0.1) is 0 Å². The fourth-order valence-electron chi connectivity index (χ4n) is 2.66. The molecule has 1 amide bonds. The highest BCUT2D eigenvalue weighted by atomic mass is 16.3. The topological polar surface area (TPSA) is 52.6 Å². The van der Waals surface area contributed by atoms with Gasteiger partial charge in [0.2, 0.25) is 5.91 Å². The van der Waals surface area contributed by atoms with Crippen LogP contribution in [0.2, 0.25) is 0 Å². The first-order chi connectivity index (χ1) is 7.81. The average Bonchev–Trinajstić information content (AvgIpc) is 2.39. The molecule has 2 fully saturated rings. The second kappa shape index (κ2) is 5.64. The second-order valence-electron chi connectivity index (χ2n) is 4.99. The summed E-state index contributed by atoms with van der Waals surface area (Å²) in [5, 5.41) is 12.3. The molecule has 16 heavy (non-hydrogen) atoms. The number of amides is 1. The van der Waals surface area contributed by atoms with Crippen LogP contribution in [0.4, 0.5) is 0 Å². The molecule has 2 rings (SSSR count). The normalized spacial score (nSPS) is 28.1. The quantitative estimate of drug-likeness (QED) is 0.708. The maximum Gasteiger partial charge on any atom is 0.226 e. The van der Waals surface area contributed by atoms with Gasteiger partial charge in [-0.1, -0.05) is 0 Å². The molecule has 0 saturated carbocycles. The molecule has 1 atom stereocenters. The maximum atomic E-state index is 12.2. The number of aliphatic hydroxyl groups is 1. The van der Waals surface area contributed by atoms with Crippen molar-refractivity contribution in [3.05, 3.63) is 0 Å². The van der Waals surface area contributed by atoms with E-state index >= 15 is 0 Å².